The number of carbonyl (C=O) groups is 1. The standard InChI is InChI=1S/C16H18ClNO3/c1-16(2)10-11(7-9-20-16)12-4-3-5-13(15(12)17)21-14(19)6-8-18/h3-5,11H,6-7,9-10H2,1-2H3. The Bertz CT molecular complexity index is 577. The maximum atomic E-state index is 11.4. The minimum Gasteiger partial charge on any atom is -0.424 e. The molecule has 1 atom stereocenters. The van der Waals surface area contributed by atoms with Gasteiger partial charge >= 0.3 is 5.97 Å². The zero-order valence-corrected chi connectivity index (χ0v) is 12.9. The zero-order valence-electron chi connectivity index (χ0n) is 12.2. The molecule has 1 fully saturated rings. The summed E-state index contributed by atoms with van der Waals surface area (Å²) in [6, 6.07) is 7.18. The van der Waals surface area contributed by atoms with Gasteiger partial charge in [-0.25, -0.2) is 0 Å². The second-order valence-corrected chi connectivity index (χ2v) is 6.14. The number of ether oxygens (including phenoxy) is 2. The van der Waals surface area contributed by atoms with E-state index < -0.39 is 5.97 Å². The highest BCUT2D eigenvalue weighted by molar-refractivity contribution is 6.33. The van der Waals surface area contributed by atoms with Crippen LogP contribution in [0.1, 0.15) is 44.6 Å². The van der Waals surface area contributed by atoms with Crippen LogP contribution >= 0.6 is 11.6 Å². The largest absolute Gasteiger partial charge is 0.424 e. The molecule has 0 N–H and O–H groups in total. The van der Waals surface area contributed by atoms with E-state index in [1.54, 1.807) is 12.1 Å². The summed E-state index contributed by atoms with van der Waals surface area (Å²) in [5, 5.41) is 8.95. The van der Waals surface area contributed by atoms with Gasteiger partial charge in [0.2, 0.25) is 0 Å². The van der Waals surface area contributed by atoms with Gasteiger partial charge in [-0.2, -0.15) is 5.26 Å². The Balaban J connectivity index is 2.21. The highest BCUT2D eigenvalue weighted by Crippen LogP contribution is 2.41. The Labute approximate surface area is 129 Å². The third-order valence-electron chi connectivity index (χ3n) is 3.58. The Morgan fingerprint density at radius 3 is 3.00 bits per heavy atom. The topological polar surface area (TPSA) is 59.3 Å². The molecule has 4 nitrogen and oxygen atoms in total. The van der Waals surface area contributed by atoms with E-state index in [0.29, 0.717) is 17.4 Å². The van der Waals surface area contributed by atoms with Gasteiger partial charge in [0.05, 0.1) is 16.7 Å². The van der Waals surface area contributed by atoms with Crippen LogP contribution < -0.4 is 4.74 Å². The third kappa shape index (κ3) is 3.96. The predicted molar refractivity (Wildman–Crippen MR) is 79.3 cm³/mol. The maximum absolute atomic E-state index is 11.4. The molecule has 0 radical (unpaired) electrons. The summed E-state index contributed by atoms with van der Waals surface area (Å²) < 4.78 is 10.9. The molecule has 0 aromatic heterocycles. The van der Waals surface area contributed by atoms with Crippen LogP contribution in [0.3, 0.4) is 0 Å². The minimum atomic E-state index is -0.594. The second kappa shape index (κ2) is 6.46. The van der Waals surface area contributed by atoms with E-state index in [-0.39, 0.29) is 17.9 Å². The average Bonchev–Trinajstić information content (AvgIpc) is 2.40. The first-order valence-corrected chi connectivity index (χ1v) is 7.31. The van der Waals surface area contributed by atoms with E-state index in [9.17, 15) is 4.79 Å². The van der Waals surface area contributed by atoms with Crippen LogP contribution in [0.4, 0.5) is 0 Å². The normalized spacial score (nSPS) is 20.6. The molecule has 21 heavy (non-hydrogen) atoms. The molecule has 0 aliphatic carbocycles. The van der Waals surface area contributed by atoms with Gasteiger partial charge in [-0.1, -0.05) is 23.7 Å². The fourth-order valence-corrected chi connectivity index (χ4v) is 2.96. The summed E-state index contributed by atoms with van der Waals surface area (Å²) in [4.78, 5) is 11.4. The Kier molecular flexibility index (Phi) is 4.87. The lowest BCUT2D eigenvalue weighted by Gasteiger charge is -2.36. The number of rotatable bonds is 3. The van der Waals surface area contributed by atoms with Crippen molar-refractivity contribution in [2.75, 3.05) is 6.61 Å². The molecular formula is C16H18ClNO3. The van der Waals surface area contributed by atoms with Gasteiger partial charge in [0.15, 0.2) is 0 Å². The first-order valence-electron chi connectivity index (χ1n) is 6.93. The van der Waals surface area contributed by atoms with Crippen molar-refractivity contribution in [2.24, 2.45) is 0 Å². The smallest absolute Gasteiger partial charge is 0.325 e. The van der Waals surface area contributed by atoms with Gasteiger partial charge in [-0.15, -0.1) is 0 Å². The van der Waals surface area contributed by atoms with E-state index in [1.807, 2.05) is 12.1 Å². The second-order valence-electron chi connectivity index (χ2n) is 5.77. The van der Waals surface area contributed by atoms with Crippen molar-refractivity contribution in [1.82, 2.24) is 0 Å². The minimum absolute atomic E-state index is 0.181. The molecule has 1 aliphatic rings. The van der Waals surface area contributed by atoms with Crippen LogP contribution in [0.5, 0.6) is 5.75 Å². The van der Waals surface area contributed by atoms with Crippen molar-refractivity contribution in [3.8, 4) is 11.8 Å². The van der Waals surface area contributed by atoms with Crippen molar-refractivity contribution < 1.29 is 14.3 Å². The van der Waals surface area contributed by atoms with Crippen molar-refractivity contribution in [3.63, 3.8) is 0 Å². The molecule has 0 spiro atoms. The van der Waals surface area contributed by atoms with Gasteiger partial charge in [0.1, 0.15) is 12.2 Å². The summed E-state index contributed by atoms with van der Waals surface area (Å²) in [5.74, 6) is -0.00144. The number of carbonyl (C=O) groups excluding carboxylic acids is 1. The number of hydrogen-bond acceptors (Lipinski definition) is 4. The Morgan fingerprint density at radius 2 is 2.33 bits per heavy atom. The number of esters is 1. The first-order chi connectivity index (χ1) is 9.93. The Hall–Kier alpha value is -1.57. The van der Waals surface area contributed by atoms with E-state index in [0.717, 1.165) is 18.4 Å². The van der Waals surface area contributed by atoms with Crippen molar-refractivity contribution in [3.05, 3.63) is 28.8 Å². The van der Waals surface area contributed by atoms with E-state index in [2.05, 4.69) is 13.8 Å². The predicted octanol–water partition coefficient (Wildman–Crippen LogP) is 3.83. The molecule has 1 aliphatic heterocycles. The van der Waals surface area contributed by atoms with Crippen LogP contribution in [0.25, 0.3) is 0 Å². The lowest BCUT2D eigenvalue weighted by atomic mass is 9.83. The van der Waals surface area contributed by atoms with Gasteiger partial charge in [-0.3, -0.25) is 4.79 Å². The molecule has 1 saturated heterocycles. The summed E-state index contributed by atoms with van der Waals surface area (Å²) in [7, 11) is 0. The molecule has 1 aromatic carbocycles. The number of halogens is 1. The molecule has 1 unspecified atom stereocenters. The number of nitrogens with zero attached hydrogens (tertiary/aromatic N) is 1. The van der Waals surface area contributed by atoms with Gasteiger partial charge in [-0.05, 0) is 44.2 Å². The SMILES string of the molecule is CC1(C)CC(c2cccc(OC(=O)CC#N)c2Cl)CCO1. The fraction of sp³-hybridized carbons (Fsp3) is 0.500. The molecular weight excluding hydrogens is 290 g/mol. The highest BCUT2D eigenvalue weighted by atomic mass is 35.5. The maximum Gasteiger partial charge on any atom is 0.325 e. The number of hydrogen-bond donors (Lipinski definition) is 0. The highest BCUT2D eigenvalue weighted by Gasteiger charge is 2.31. The van der Waals surface area contributed by atoms with E-state index in [1.165, 1.54) is 0 Å². The Morgan fingerprint density at radius 1 is 1.57 bits per heavy atom. The summed E-state index contributed by atoms with van der Waals surface area (Å²) in [5.41, 5.74) is 0.787. The molecule has 112 valence electrons. The first kappa shape index (κ1) is 15.8. The van der Waals surface area contributed by atoms with Gasteiger partial charge < -0.3 is 9.47 Å². The molecule has 0 amide bonds. The quantitative estimate of drug-likeness (QED) is 0.629. The molecule has 1 heterocycles. The van der Waals surface area contributed by atoms with Crippen LogP contribution in [0.2, 0.25) is 5.02 Å². The monoisotopic (exact) mass is 307 g/mol. The zero-order chi connectivity index (χ0) is 15.5. The van der Waals surface area contributed by atoms with E-state index in [4.69, 9.17) is 26.3 Å². The van der Waals surface area contributed by atoms with Crippen molar-refractivity contribution in [2.45, 2.75) is 44.6 Å². The number of nitriles is 1. The summed E-state index contributed by atoms with van der Waals surface area (Å²) in [6.07, 6.45) is 1.46. The van der Waals surface area contributed by atoms with Crippen LogP contribution in [-0.4, -0.2) is 18.2 Å². The van der Waals surface area contributed by atoms with Gasteiger partial charge in [0, 0.05) is 6.61 Å². The van der Waals surface area contributed by atoms with Gasteiger partial charge in [0.25, 0.3) is 0 Å². The third-order valence-corrected chi connectivity index (χ3v) is 3.98. The molecule has 5 heteroatoms. The average molecular weight is 308 g/mol. The fourth-order valence-electron chi connectivity index (χ4n) is 2.64. The van der Waals surface area contributed by atoms with Crippen molar-refractivity contribution in [1.29, 1.82) is 5.26 Å². The van der Waals surface area contributed by atoms with Crippen molar-refractivity contribution >= 4 is 17.6 Å². The molecule has 0 bridgehead atoms. The molecule has 0 saturated carbocycles. The summed E-state index contributed by atoms with van der Waals surface area (Å²) >= 11 is 6.38. The van der Waals surface area contributed by atoms with Crippen LogP contribution in [0, 0.1) is 11.3 Å². The lowest BCUT2D eigenvalue weighted by molar-refractivity contribution is -0.133. The van der Waals surface area contributed by atoms with Crippen LogP contribution in [0.15, 0.2) is 18.2 Å². The van der Waals surface area contributed by atoms with Crippen LogP contribution in [-0.2, 0) is 9.53 Å². The van der Waals surface area contributed by atoms with E-state index >= 15 is 0 Å². The lowest BCUT2D eigenvalue weighted by Crippen LogP contribution is -2.33. The molecule has 1 aromatic rings. The molecule has 2 rings (SSSR count). The summed E-state index contributed by atoms with van der Waals surface area (Å²) in [6.45, 7) is 4.81. The number of benzene rings is 1.